The number of nitrogens with zero attached hydrogens (tertiary/aromatic N) is 2. The number of halogens is 3. The number of alkyl halides is 3. The van der Waals surface area contributed by atoms with Gasteiger partial charge in [0.1, 0.15) is 11.9 Å². The van der Waals surface area contributed by atoms with Crippen molar-refractivity contribution in [1.29, 1.82) is 0 Å². The zero-order chi connectivity index (χ0) is 38.4. The number of anilines is 2. The van der Waals surface area contributed by atoms with Crippen LogP contribution in [-0.2, 0) is 16.1 Å². The molecule has 0 radical (unpaired) electrons. The first-order valence-electron chi connectivity index (χ1n) is 17.1. The van der Waals surface area contributed by atoms with E-state index in [9.17, 15) is 22.8 Å². The van der Waals surface area contributed by atoms with Gasteiger partial charge in [-0.2, -0.15) is 13.2 Å². The van der Waals surface area contributed by atoms with E-state index in [4.69, 9.17) is 23.8 Å². The Labute approximate surface area is 305 Å². The van der Waals surface area contributed by atoms with Crippen LogP contribution in [0.3, 0.4) is 0 Å². The van der Waals surface area contributed by atoms with Crippen LogP contribution in [0.5, 0.6) is 5.75 Å². The van der Waals surface area contributed by atoms with Crippen LogP contribution in [0.2, 0.25) is 0 Å². The summed E-state index contributed by atoms with van der Waals surface area (Å²) in [4.78, 5) is 41.1. The maximum Gasteiger partial charge on any atom is 0.490 e. The first kappa shape index (κ1) is 40.2. The molecule has 1 aliphatic carbocycles. The number of nitrogens with one attached hydrogen (secondary N) is 3. The fourth-order valence-electron chi connectivity index (χ4n) is 5.42. The zero-order valence-electron chi connectivity index (χ0n) is 29.7. The molecular weight excluding hydrogens is 695 g/mol. The predicted molar refractivity (Wildman–Crippen MR) is 192 cm³/mol. The molecule has 1 unspecified atom stereocenters. The molecule has 0 saturated heterocycles. The SMILES string of the molecule is COc1cc(NC(=O)Nc2cccc(CNC(=O)OC(CCN(CC(C)C)CC3CC3)c3ccccc3)c2)ccc1-c1cnco1.O=C(O)C(F)(F)F. The molecule has 1 fully saturated rings. The molecule has 1 atom stereocenters. The van der Waals surface area contributed by atoms with Crippen LogP contribution in [0, 0.1) is 11.8 Å². The molecular formula is C38H44F3N5O7. The highest BCUT2D eigenvalue weighted by atomic mass is 19.4. The van der Waals surface area contributed by atoms with E-state index in [1.165, 1.54) is 19.2 Å². The van der Waals surface area contributed by atoms with Gasteiger partial charge >= 0.3 is 24.3 Å². The van der Waals surface area contributed by atoms with Crippen LogP contribution < -0.4 is 20.7 Å². The number of ether oxygens (including phenoxy) is 2. The van der Waals surface area contributed by atoms with Gasteiger partial charge in [0.05, 0.1) is 18.9 Å². The number of hydrogen-bond donors (Lipinski definition) is 4. The van der Waals surface area contributed by atoms with Gasteiger partial charge in [-0.25, -0.2) is 19.4 Å². The number of urea groups is 1. The number of carboxylic acids is 1. The number of methoxy groups -OCH3 is 1. The van der Waals surface area contributed by atoms with E-state index < -0.39 is 24.3 Å². The topological polar surface area (TPSA) is 155 Å². The number of aromatic nitrogens is 1. The van der Waals surface area contributed by atoms with E-state index in [0.717, 1.165) is 48.7 Å². The van der Waals surface area contributed by atoms with Crippen LogP contribution in [0.15, 0.2) is 89.8 Å². The van der Waals surface area contributed by atoms with Crippen LogP contribution >= 0.6 is 0 Å². The molecule has 3 aromatic carbocycles. The Morgan fingerprint density at radius 1 is 1.00 bits per heavy atom. The lowest BCUT2D eigenvalue weighted by Crippen LogP contribution is -2.33. The first-order chi connectivity index (χ1) is 25.3. The summed E-state index contributed by atoms with van der Waals surface area (Å²) in [6, 6.07) is 22.1. The summed E-state index contributed by atoms with van der Waals surface area (Å²) >= 11 is 0. The summed E-state index contributed by atoms with van der Waals surface area (Å²) < 4.78 is 48.5. The Balaban J connectivity index is 0.000000815. The van der Waals surface area contributed by atoms with E-state index in [0.29, 0.717) is 28.8 Å². The number of carboxylic acid groups (broad SMARTS) is 1. The standard InChI is InChI=1S/C36H43N5O5.C2HF3O2/c1-25(2)22-41(23-26-12-13-26)17-16-32(28-9-5-4-6-10-28)46-36(43)38-20-27-8-7-11-29(18-27)39-35(42)40-30-14-15-31(33(19-30)44-3)34-21-37-24-45-34;3-2(4,5)1(6)7/h4-11,14-15,18-19,21,24-26,32H,12-13,16-17,20,22-23H2,1-3H3,(H,38,43)(H2,39,40,42);(H,6,7). The van der Waals surface area contributed by atoms with Crippen molar-refractivity contribution in [3.05, 3.63) is 96.5 Å². The van der Waals surface area contributed by atoms with Crippen molar-refractivity contribution in [2.75, 3.05) is 37.4 Å². The minimum Gasteiger partial charge on any atom is -0.496 e. The summed E-state index contributed by atoms with van der Waals surface area (Å²) in [6.45, 7) is 7.75. The van der Waals surface area contributed by atoms with Crippen molar-refractivity contribution in [2.24, 2.45) is 11.8 Å². The van der Waals surface area contributed by atoms with E-state index in [2.05, 4.69) is 39.7 Å². The number of benzene rings is 3. The van der Waals surface area contributed by atoms with Gasteiger partial charge in [0, 0.05) is 50.0 Å². The molecule has 5 rings (SSSR count). The van der Waals surface area contributed by atoms with Crippen molar-refractivity contribution < 1.29 is 46.6 Å². The fraction of sp³-hybridized carbons (Fsp3) is 0.368. The van der Waals surface area contributed by atoms with Gasteiger partial charge in [0.2, 0.25) is 0 Å². The minimum atomic E-state index is -5.08. The fourth-order valence-corrected chi connectivity index (χ4v) is 5.42. The normalized spacial score (nSPS) is 13.1. The van der Waals surface area contributed by atoms with Crippen molar-refractivity contribution in [3.63, 3.8) is 0 Å². The first-order valence-corrected chi connectivity index (χ1v) is 17.1. The summed E-state index contributed by atoms with van der Waals surface area (Å²) in [7, 11) is 1.55. The smallest absolute Gasteiger partial charge is 0.490 e. The third-order valence-corrected chi connectivity index (χ3v) is 7.99. The van der Waals surface area contributed by atoms with E-state index in [1.54, 1.807) is 37.6 Å². The van der Waals surface area contributed by atoms with Gasteiger partial charge in [-0.05, 0) is 60.1 Å². The molecule has 4 aromatic rings. The van der Waals surface area contributed by atoms with E-state index >= 15 is 0 Å². The molecule has 15 heteroatoms. The molecule has 1 aliphatic rings. The van der Waals surface area contributed by atoms with E-state index in [-0.39, 0.29) is 12.6 Å². The largest absolute Gasteiger partial charge is 0.496 e. The molecule has 284 valence electrons. The van der Waals surface area contributed by atoms with Gasteiger partial charge < -0.3 is 39.8 Å². The molecule has 1 aromatic heterocycles. The highest BCUT2D eigenvalue weighted by molar-refractivity contribution is 6.00. The quantitative estimate of drug-likeness (QED) is 0.0942. The highest BCUT2D eigenvalue weighted by Crippen LogP contribution is 2.33. The number of carbonyl (C=O) groups excluding carboxylic acids is 2. The highest BCUT2D eigenvalue weighted by Gasteiger charge is 2.38. The third kappa shape index (κ3) is 13.8. The van der Waals surface area contributed by atoms with Crippen molar-refractivity contribution >= 4 is 29.5 Å². The predicted octanol–water partition coefficient (Wildman–Crippen LogP) is 8.35. The number of hydrogen-bond acceptors (Lipinski definition) is 8. The van der Waals surface area contributed by atoms with Gasteiger partial charge in [-0.15, -0.1) is 0 Å². The molecule has 0 bridgehead atoms. The van der Waals surface area contributed by atoms with Crippen LogP contribution in [0.25, 0.3) is 11.3 Å². The number of rotatable bonds is 15. The van der Waals surface area contributed by atoms with Gasteiger partial charge in [0.15, 0.2) is 12.2 Å². The van der Waals surface area contributed by atoms with Crippen LogP contribution in [0.4, 0.5) is 34.1 Å². The molecule has 3 amide bonds. The van der Waals surface area contributed by atoms with Crippen molar-refractivity contribution in [3.8, 4) is 17.1 Å². The molecule has 53 heavy (non-hydrogen) atoms. The average molecular weight is 740 g/mol. The molecule has 0 spiro atoms. The summed E-state index contributed by atoms with van der Waals surface area (Å²) in [5, 5.41) is 15.7. The van der Waals surface area contributed by atoms with Crippen LogP contribution in [0.1, 0.15) is 50.3 Å². The van der Waals surface area contributed by atoms with Gasteiger partial charge in [-0.3, -0.25) is 0 Å². The number of carbonyl (C=O) groups is 3. The second kappa shape index (κ2) is 19.3. The molecule has 1 saturated carbocycles. The number of aliphatic carboxylic acids is 1. The minimum absolute atomic E-state index is 0.249. The molecule has 12 nitrogen and oxygen atoms in total. The summed E-state index contributed by atoms with van der Waals surface area (Å²) in [5.41, 5.74) is 3.65. The number of alkyl carbamates (subject to hydrolysis) is 1. The second-order valence-electron chi connectivity index (χ2n) is 12.9. The Morgan fingerprint density at radius 3 is 2.30 bits per heavy atom. The maximum atomic E-state index is 13.0. The Morgan fingerprint density at radius 2 is 1.70 bits per heavy atom. The van der Waals surface area contributed by atoms with Crippen molar-refractivity contribution in [1.82, 2.24) is 15.2 Å². The number of oxazole rings is 1. The summed E-state index contributed by atoms with van der Waals surface area (Å²) in [5.74, 6) is -0.275. The van der Waals surface area contributed by atoms with Gasteiger partial charge in [0.25, 0.3) is 0 Å². The third-order valence-electron chi connectivity index (χ3n) is 7.99. The lowest BCUT2D eigenvalue weighted by Gasteiger charge is -2.27. The second-order valence-corrected chi connectivity index (χ2v) is 12.9. The van der Waals surface area contributed by atoms with Crippen molar-refractivity contribution in [2.45, 2.75) is 51.9 Å². The summed E-state index contributed by atoms with van der Waals surface area (Å²) in [6.07, 6.45) is 0.373. The lowest BCUT2D eigenvalue weighted by atomic mass is 10.1. The maximum absolute atomic E-state index is 13.0. The average Bonchev–Trinajstić information content (AvgIpc) is 3.77. The zero-order valence-corrected chi connectivity index (χ0v) is 29.7. The Bertz CT molecular complexity index is 1760. The molecule has 0 aliphatic heterocycles. The Hall–Kier alpha value is -5.57. The Kier molecular flexibility index (Phi) is 14.7. The monoisotopic (exact) mass is 739 g/mol. The molecule has 4 N–H and O–H groups in total. The van der Waals surface area contributed by atoms with E-state index in [1.807, 2.05) is 48.5 Å². The number of amides is 3. The molecule has 1 heterocycles. The van der Waals surface area contributed by atoms with Crippen LogP contribution in [-0.4, -0.2) is 66.0 Å². The lowest BCUT2D eigenvalue weighted by molar-refractivity contribution is -0.192. The van der Waals surface area contributed by atoms with Gasteiger partial charge in [-0.1, -0.05) is 56.3 Å².